The topological polar surface area (TPSA) is 70.1 Å². The van der Waals surface area contributed by atoms with Gasteiger partial charge in [-0.3, -0.25) is 4.79 Å². The van der Waals surface area contributed by atoms with E-state index in [0.29, 0.717) is 25.0 Å². The molecule has 3 rings (SSSR count). The lowest BCUT2D eigenvalue weighted by Crippen LogP contribution is -2.38. The van der Waals surface area contributed by atoms with Gasteiger partial charge in [0.15, 0.2) is 5.78 Å². The van der Waals surface area contributed by atoms with Crippen LogP contribution in [0.1, 0.15) is 44.9 Å². The molecule has 0 bridgehead atoms. The van der Waals surface area contributed by atoms with Crippen LogP contribution >= 0.6 is 0 Å². The molecule has 1 saturated heterocycles. The molecule has 4 heteroatoms. The fraction of sp³-hybridized carbons (Fsp3) is 0.929. The number of aliphatic hydroxyl groups is 2. The van der Waals surface area contributed by atoms with Crippen molar-refractivity contribution >= 4 is 5.78 Å². The Kier molecular flexibility index (Phi) is 3.43. The number of ether oxygens (including phenoxy) is 1. The molecule has 2 saturated carbocycles. The maximum Gasteiger partial charge on any atom is 0.164 e. The summed E-state index contributed by atoms with van der Waals surface area (Å²) < 4.78 is 5.44. The predicted octanol–water partition coefficient (Wildman–Crippen LogP) is 1.03. The van der Waals surface area contributed by atoms with Gasteiger partial charge in [0.25, 0.3) is 0 Å². The van der Waals surface area contributed by atoms with Crippen LogP contribution in [0.15, 0.2) is 0 Å². The lowest BCUT2D eigenvalue weighted by atomic mass is 9.77. The highest BCUT2D eigenvalue weighted by Crippen LogP contribution is 2.41. The summed E-state index contributed by atoms with van der Waals surface area (Å²) in [5.74, 6) is 0.0559. The number of carbonyl (C=O) groups excluding carboxylic acids is 1. The molecule has 4 unspecified atom stereocenters. The zero-order valence-corrected chi connectivity index (χ0v) is 10.6. The molecule has 3 fully saturated rings. The van der Waals surface area contributed by atoms with E-state index in [4.69, 9.17) is 4.74 Å². The van der Waals surface area contributed by atoms with E-state index in [1.165, 1.54) is 0 Å². The van der Waals surface area contributed by atoms with E-state index in [0.717, 1.165) is 32.1 Å². The van der Waals surface area contributed by atoms with E-state index in [1.54, 1.807) is 0 Å². The van der Waals surface area contributed by atoms with Crippen LogP contribution < -0.4 is 0 Å². The van der Waals surface area contributed by atoms with Gasteiger partial charge in [-0.25, -0.2) is 0 Å². The fourth-order valence-corrected chi connectivity index (χ4v) is 3.56. The number of fused-ring (bicyclic) bond motifs is 1. The minimum atomic E-state index is -0.810. The first-order valence-electron chi connectivity index (χ1n) is 7.20. The second-order valence-electron chi connectivity index (χ2n) is 6.14. The van der Waals surface area contributed by atoms with Crippen LogP contribution in [-0.2, 0) is 9.53 Å². The van der Waals surface area contributed by atoms with Crippen molar-refractivity contribution in [1.82, 2.24) is 0 Å². The molecule has 0 amide bonds. The van der Waals surface area contributed by atoms with Crippen molar-refractivity contribution in [1.29, 1.82) is 0 Å². The lowest BCUT2D eigenvalue weighted by molar-refractivity contribution is -0.136. The average Bonchev–Trinajstić information content (AvgIpc) is 3.16. The fourth-order valence-electron chi connectivity index (χ4n) is 3.56. The molecule has 0 radical (unpaired) electrons. The Morgan fingerprint density at radius 3 is 2.44 bits per heavy atom. The van der Waals surface area contributed by atoms with Crippen molar-refractivity contribution in [2.24, 2.45) is 11.8 Å². The summed E-state index contributed by atoms with van der Waals surface area (Å²) in [7, 11) is 0. The van der Waals surface area contributed by atoms with Crippen molar-refractivity contribution in [3.8, 4) is 0 Å². The number of epoxide rings is 1. The van der Waals surface area contributed by atoms with Gasteiger partial charge in [0.1, 0.15) is 6.10 Å². The maximum absolute atomic E-state index is 12.3. The standard InChI is InChI=1S/C14H22O4/c15-10-4-1-8(2-5-10)13(16)14(17)9-3-6-11-12(7-9)18-11/h8-12,14-15,17H,1-7H2. The second kappa shape index (κ2) is 4.91. The summed E-state index contributed by atoms with van der Waals surface area (Å²) in [6.45, 7) is 0. The van der Waals surface area contributed by atoms with Gasteiger partial charge in [-0.05, 0) is 50.9 Å². The Morgan fingerprint density at radius 2 is 1.78 bits per heavy atom. The number of hydrogen-bond donors (Lipinski definition) is 2. The molecule has 4 nitrogen and oxygen atoms in total. The Hall–Kier alpha value is -0.450. The second-order valence-corrected chi connectivity index (χ2v) is 6.14. The maximum atomic E-state index is 12.3. The monoisotopic (exact) mass is 254 g/mol. The van der Waals surface area contributed by atoms with Crippen molar-refractivity contribution < 1.29 is 19.7 Å². The van der Waals surface area contributed by atoms with Gasteiger partial charge in [0, 0.05) is 5.92 Å². The Labute approximate surface area is 107 Å². The summed E-state index contributed by atoms with van der Waals surface area (Å²) in [6, 6.07) is 0. The molecule has 0 aromatic carbocycles. The third-order valence-electron chi connectivity index (χ3n) is 4.88. The van der Waals surface area contributed by atoms with Gasteiger partial charge in [-0.15, -0.1) is 0 Å². The molecule has 2 N–H and O–H groups in total. The summed E-state index contributed by atoms with van der Waals surface area (Å²) >= 11 is 0. The number of hydrogen-bond acceptors (Lipinski definition) is 4. The summed E-state index contributed by atoms with van der Waals surface area (Å²) in [5.41, 5.74) is 0. The first-order chi connectivity index (χ1) is 8.65. The number of aliphatic hydroxyl groups excluding tert-OH is 2. The van der Waals surface area contributed by atoms with E-state index < -0.39 is 6.10 Å². The number of Topliss-reactive ketones (excluding diaryl/α,β-unsaturated/α-hetero) is 1. The third kappa shape index (κ3) is 2.46. The quantitative estimate of drug-likeness (QED) is 0.738. The van der Waals surface area contributed by atoms with Gasteiger partial charge in [-0.2, -0.15) is 0 Å². The largest absolute Gasteiger partial charge is 0.393 e. The van der Waals surface area contributed by atoms with Crippen LogP contribution in [0.3, 0.4) is 0 Å². The van der Waals surface area contributed by atoms with Crippen molar-refractivity contribution in [3.63, 3.8) is 0 Å². The highest BCUT2D eigenvalue weighted by Gasteiger charge is 2.47. The molecule has 0 spiro atoms. The first kappa shape index (κ1) is 12.6. The molecule has 1 heterocycles. The van der Waals surface area contributed by atoms with Gasteiger partial charge in [-0.1, -0.05) is 0 Å². The molecular formula is C14H22O4. The minimum absolute atomic E-state index is 0.00556. The molecule has 4 atom stereocenters. The van der Waals surface area contributed by atoms with Crippen LogP contribution in [0.25, 0.3) is 0 Å². The van der Waals surface area contributed by atoms with Crippen LogP contribution in [-0.4, -0.2) is 40.4 Å². The van der Waals surface area contributed by atoms with Gasteiger partial charge < -0.3 is 14.9 Å². The third-order valence-corrected chi connectivity index (χ3v) is 4.88. The molecule has 3 aliphatic rings. The van der Waals surface area contributed by atoms with E-state index in [2.05, 4.69) is 0 Å². The van der Waals surface area contributed by atoms with Crippen LogP contribution in [0.2, 0.25) is 0 Å². The SMILES string of the molecule is O=C(C1CCC(O)CC1)C(O)C1CCC2OC2C1. The minimum Gasteiger partial charge on any atom is -0.393 e. The van der Waals surface area contributed by atoms with Gasteiger partial charge in [0.05, 0.1) is 18.3 Å². The molecule has 1 aliphatic heterocycles. The molecule has 102 valence electrons. The Bertz CT molecular complexity index is 322. The van der Waals surface area contributed by atoms with Crippen LogP contribution in [0.5, 0.6) is 0 Å². The lowest BCUT2D eigenvalue weighted by Gasteiger charge is -2.29. The number of carbonyl (C=O) groups is 1. The first-order valence-corrected chi connectivity index (χ1v) is 7.20. The van der Waals surface area contributed by atoms with Gasteiger partial charge >= 0.3 is 0 Å². The van der Waals surface area contributed by atoms with Crippen LogP contribution in [0.4, 0.5) is 0 Å². The normalized spacial score (nSPS) is 45.1. The smallest absolute Gasteiger partial charge is 0.164 e. The predicted molar refractivity (Wildman–Crippen MR) is 65.0 cm³/mol. The van der Waals surface area contributed by atoms with E-state index in [9.17, 15) is 15.0 Å². The number of ketones is 1. The zero-order valence-electron chi connectivity index (χ0n) is 10.6. The van der Waals surface area contributed by atoms with Crippen molar-refractivity contribution in [2.75, 3.05) is 0 Å². The average molecular weight is 254 g/mol. The van der Waals surface area contributed by atoms with E-state index >= 15 is 0 Å². The highest BCUT2D eigenvalue weighted by atomic mass is 16.6. The molecule has 0 aromatic heterocycles. The summed E-state index contributed by atoms with van der Waals surface area (Å²) in [5, 5.41) is 19.7. The Morgan fingerprint density at radius 1 is 1.06 bits per heavy atom. The molecule has 18 heavy (non-hydrogen) atoms. The van der Waals surface area contributed by atoms with Crippen LogP contribution in [0, 0.1) is 11.8 Å². The van der Waals surface area contributed by atoms with Crippen molar-refractivity contribution in [3.05, 3.63) is 0 Å². The molecule has 0 aromatic rings. The summed E-state index contributed by atoms with van der Waals surface area (Å²) in [4.78, 5) is 12.3. The zero-order chi connectivity index (χ0) is 12.7. The van der Waals surface area contributed by atoms with E-state index in [-0.39, 0.29) is 23.7 Å². The highest BCUT2D eigenvalue weighted by molar-refractivity contribution is 5.85. The Balaban J connectivity index is 1.54. The number of rotatable bonds is 3. The molecular weight excluding hydrogens is 232 g/mol. The van der Waals surface area contributed by atoms with Gasteiger partial charge in [0.2, 0.25) is 0 Å². The summed E-state index contributed by atoms with van der Waals surface area (Å²) in [6.07, 6.45) is 5.24. The van der Waals surface area contributed by atoms with Crippen molar-refractivity contribution in [2.45, 2.75) is 69.4 Å². The van der Waals surface area contributed by atoms with E-state index in [1.807, 2.05) is 0 Å². The molecule has 2 aliphatic carbocycles.